The fourth-order valence-corrected chi connectivity index (χ4v) is 1.70. The molecule has 0 aliphatic carbocycles. The number of rotatable bonds is 3. The first kappa shape index (κ1) is 11.4. The molecule has 0 bridgehead atoms. The van der Waals surface area contributed by atoms with Crippen LogP contribution in [-0.2, 0) is 14.3 Å². The lowest BCUT2D eigenvalue weighted by molar-refractivity contribution is -0.141. The summed E-state index contributed by atoms with van der Waals surface area (Å²) in [4.78, 5) is 24.4. The smallest absolute Gasteiger partial charge is 0.331 e. The Labute approximate surface area is 98.9 Å². The van der Waals surface area contributed by atoms with Crippen molar-refractivity contribution in [2.75, 3.05) is 24.6 Å². The van der Waals surface area contributed by atoms with Crippen LogP contribution in [0.5, 0.6) is 5.75 Å². The summed E-state index contributed by atoms with van der Waals surface area (Å²) in [7, 11) is 0. The van der Waals surface area contributed by atoms with Gasteiger partial charge in [-0.05, 0) is 19.1 Å². The summed E-state index contributed by atoms with van der Waals surface area (Å²) < 4.78 is 9.93. The fourth-order valence-electron chi connectivity index (χ4n) is 1.70. The fraction of sp³-hybridized carbons (Fsp3) is 0.333. The highest BCUT2D eigenvalue weighted by Crippen LogP contribution is 2.30. The monoisotopic (exact) mass is 235 g/mol. The lowest BCUT2D eigenvalue weighted by Crippen LogP contribution is -2.40. The third-order valence-electron chi connectivity index (χ3n) is 2.37. The predicted octanol–water partition coefficient (Wildman–Crippen LogP) is 0.975. The maximum atomic E-state index is 11.4. The first-order valence-electron chi connectivity index (χ1n) is 5.41. The van der Waals surface area contributed by atoms with Gasteiger partial charge in [-0.2, -0.15) is 0 Å². The third-order valence-corrected chi connectivity index (χ3v) is 2.37. The zero-order valence-corrected chi connectivity index (χ0v) is 9.51. The van der Waals surface area contributed by atoms with Crippen molar-refractivity contribution in [2.45, 2.75) is 6.92 Å². The maximum Gasteiger partial charge on any atom is 0.331 e. The number of para-hydroxylation sites is 2. The summed E-state index contributed by atoms with van der Waals surface area (Å²) >= 11 is 0. The normalized spacial score (nSPS) is 13.9. The molecule has 1 heterocycles. The van der Waals surface area contributed by atoms with E-state index in [4.69, 9.17) is 9.47 Å². The summed E-state index contributed by atoms with van der Waals surface area (Å²) in [5.41, 5.74) is 0.736. The molecule has 1 aliphatic heterocycles. The predicted molar refractivity (Wildman–Crippen MR) is 60.9 cm³/mol. The van der Waals surface area contributed by atoms with Gasteiger partial charge in [-0.25, -0.2) is 4.79 Å². The molecule has 0 amide bonds. The maximum absolute atomic E-state index is 11.4. The Morgan fingerprint density at radius 1 is 1.47 bits per heavy atom. The lowest BCUT2D eigenvalue weighted by Gasteiger charge is -2.28. The van der Waals surface area contributed by atoms with Gasteiger partial charge in [0, 0.05) is 0 Å². The minimum absolute atomic E-state index is 0.0555. The molecule has 90 valence electrons. The molecule has 0 saturated carbocycles. The second-order valence-corrected chi connectivity index (χ2v) is 3.60. The Hall–Kier alpha value is -2.04. The topological polar surface area (TPSA) is 55.8 Å². The number of carbonyl (C=O) groups excluding carboxylic acids is 2. The second kappa shape index (κ2) is 4.86. The van der Waals surface area contributed by atoms with Gasteiger partial charge in [0.25, 0.3) is 0 Å². The summed E-state index contributed by atoms with van der Waals surface area (Å²) in [5, 5.41) is 0. The van der Waals surface area contributed by atoms with Crippen LogP contribution >= 0.6 is 0 Å². The molecule has 0 atom stereocenters. The van der Waals surface area contributed by atoms with E-state index in [2.05, 4.69) is 0 Å². The van der Waals surface area contributed by atoms with E-state index in [1.54, 1.807) is 30.0 Å². The number of hydrogen-bond acceptors (Lipinski definition) is 5. The van der Waals surface area contributed by atoms with Crippen LogP contribution in [0.4, 0.5) is 5.69 Å². The van der Waals surface area contributed by atoms with Gasteiger partial charge >= 0.3 is 11.9 Å². The van der Waals surface area contributed by atoms with Gasteiger partial charge in [-0.3, -0.25) is 4.79 Å². The first-order chi connectivity index (χ1) is 8.20. The number of nitrogens with zero attached hydrogens (tertiary/aromatic N) is 1. The van der Waals surface area contributed by atoms with Crippen LogP contribution in [0, 0.1) is 0 Å². The molecule has 0 aromatic heterocycles. The van der Waals surface area contributed by atoms with Crippen LogP contribution in [0.1, 0.15) is 6.92 Å². The average molecular weight is 235 g/mol. The quantitative estimate of drug-likeness (QED) is 0.577. The van der Waals surface area contributed by atoms with Gasteiger partial charge in [0.1, 0.15) is 13.1 Å². The van der Waals surface area contributed by atoms with E-state index in [0.29, 0.717) is 12.4 Å². The Kier molecular flexibility index (Phi) is 3.27. The summed E-state index contributed by atoms with van der Waals surface area (Å²) in [6, 6.07) is 7.11. The van der Waals surface area contributed by atoms with Gasteiger partial charge in [0.2, 0.25) is 0 Å². The molecule has 0 unspecified atom stereocenters. The Morgan fingerprint density at radius 3 is 3.00 bits per heavy atom. The molecule has 5 heteroatoms. The molecule has 5 nitrogen and oxygen atoms in total. The van der Waals surface area contributed by atoms with Crippen molar-refractivity contribution in [3.8, 4) is 5.75 Å². The van der Waals surface area contributed by atoms with Crippen molar-refractivity contribution < 1.29 is 19.1 Å². The van der Waals surface area contributed by atoms with E-state index < -0.39 is 0 Å². The molecule has 1 aliphatic rings. The summed E-state index contributed by atoms with van der Waals surface area (Å²) in [6.07, 6.45) is 0. The van der Waals surface area contributed by atoms with E-state index >= 15 is 0 Å². The van der Waals surface area contributed by atoms with Gasteiger partial charge in [-0.15, -0.1) is 0 Å². The van der Waals surface area contributed by atoms with Gasteiger partial charge in [0.05, 0.1) is 12.3 Å². The average Bonchev–Trinajstić information content (AvgIpc) is 2.29. The highest BCUT2D eigenvalue weighted by Gasteiger charge is 2.25. The number of carbonyl (C=O) groups is 2. The number of esters is 2. The molecule has 0 N–H and O–H groups in total. The van der Waals surface area contributed by atoms with Gasteiger partial charge < -0.3 is 14.4 Å². The summed E-state index contributed by atoms with van der Waals surface area (Å²) in [5.74, 6) is -0.238. The molecule has 0 saturated heterocycles. The van der Waals surface area contributed by atoms with Crippen LogP contribution < -0.4 is 9.64 Å². The van der Waals surface area contributed by atoms with Crippen molar-refractivity contribution >= 4 is 17.6 Å². The van der Waals surface area contributed by atoms with Gasteiger partial charge in [-0.1, -0.05) is 12.1 Å². The van der Waals surface area contributed by atoms with E-state index in [1.807, 2.05) is 6.07 Å². The number of fused-ring (bicyclic) bond motifs is 1. The number of hydrogen-bond donors (Lipinski definition) is 0. The Morgan fingerprint density at radius 2 is 2.24 bits per heavy atom. The Bertz CT molecular complexity index is 444. The van der Waals surface area contributed by atoms with E-state index in [1.165, 1.54) is 0 Å². The zero-order valence-electron chi connectivity index (χ0n) is 9.51. The van der Waals surface area contributed by atoms with Crippen molar-refractivity contribution in [2.24, 2.45) is 0 Å². The molecule has 2 rings (SSSR count). The second-order valence-electron chi connectivity index (χ2n) is 3.60. The molecule has 1 aromatic rings. The number of anilines is 1. The van der Waals surface area contributed by atoms with Crippen molar-refractivity contribution in [3.05, 3.63) is 24.3 Å². The largest absolute Gasteiger partial charge is 0.465 e. The molecule has 17 heavy (non-hydrogen) atoms. The highest BCUT2D eigenvalue weighted by atomic mass is 16.5. The molecule has 0 radical (unpaired) electrons. The first-order valence-corrected chi connectivity index (χ1v) is 5.41. The SMILES string of the molecule is CCOC(=O)CN1CC(=O)Oc2ccccc21. The lowest BCUT2D eigenvalue weighted by atomic mass is 10.2. The van der Waals surface area contributed by atoms with Crippen LogP contribution in [0.2, 0.25) is 0 Å². The summed E-state index contributed by atoms with van der Waals surface area (Å²) in [6.45, 7) is 2.20. The minimum atomic E-state index is -0.368. The molecular formula is C12H13NO4. The number of ether oxygens (including phenoxy) is 2. The van der Waals surface area contributed by atoms with E-state index in [0.717, 1.165) is 5.69 Å². The number of benzene rings is 1. The molecule has 1 aromatic carbocycles. The molecule has 0 fully saturated rings. The molecule has 0 spiro atoms. The third kappa shape index (κ3) is 2.55. The van der Waals surface area contributed by atoms with E-state index in [-0.39, 0.29) is 25.0 Å². The van der Waals surface area contributed by atoms with Crippen LogP contribution in [0.15, 0.2) is 24.3 Å². The highest BCUT2D eigenvalue weighted by molar-refractivity contribution is 5.87. The Balaban J connectivity index is 2.18. The van der Waals surface area contributed by atoms with Crippen molar-refractivity contribution in [1.82, 2.24) is 0 Å². The van der Waals surface area contributed by atoms with Crippen LogP contribution in [0.3, 0.4) is 0 Å². The standard InChI is InChI=1S/C12H13NO4/c1-2-16-11(14)7-13-8-12(15)17-10-6-4-3-5-9(10)13/h3-6H,2,7-8H2,1H3. The van der Waals surface area contributed by atoms with Crippen LogP contribution in [0.25, 0.3) is 0 Å². The van der Waals surface area contributed by atoms with Crippen molar-refractivity contribution in [3.63, 3.8) is 0 Å². The molecular weight excluding hydrogens is 222 g/mol. The van der Waals surface area contributed by atoms with E-state index in [9.17, 15) is 9.59 Å². The van der Waals surface area contributed by atoms with Crippen molar-refractivity contribution in [1.29, 1.82) is 0 Å². The van der Waals surface area contributed by atoms with Gasteiger partial charge in [0.15, 0.2) is 5.75 Å². The van der Waals surface area contributed by atoms with Crippen LogP contribution in [-0.4, -0.2) is 31.6 Å². The minimum Gasteiger partial charge on any atom is -0.465 e. The zero-order chi connectivity index (χ0) is 12.3.